The van der Waals surface area contributed by atoms with Gasteiger partial charge in [-0.05, 0) is 32.6 Å². The lowest BCUT2D eigenvalue weighted by molar-refractivity contribution is -0.137. The van der Waals surface area contributed by atoms with Crippen LogP contribution in [0.2, 0.25) is 5.15 Å². The molecule has 0 aromatic carbocycles. The van der Waals surface area contributed by atoms with Crippen molar-refractivity contribution in [1.82, 2.24) is 20.2 Å². The molecule has 2 heterocycles. The second-order valence-electron chi connectivity index (χ2n) is 9.03. The molecule has 7 nitrogen and oxygen atoms in total. The molecule has 0 bridgehead atoms. The van der Waals surface area contributed by atoms with E-state index in [1.54, 1.807) is 6.07 Å². The Hall–Kier alpha value is -1.54. The molecule has 1 N–H and O–H groups in total. The van der Waals surface area contributed by atoms with Crippen molar-refractivity contribution in [1.29, 1.82) is 0 Å². The number of aromatic nitrogens is 2. The van der Waals surface area contributed by atoms with Crippen molar-refractivity contribution in [2.75, 3.05) is 30.3 Å². The van der Waals surface area contributed by atoms with Crippen LogP contribution in [-0.2, 0) is 9.59 Å². The van der Waals surface area contributed by atoms with E-state index in [1.165, 1.54) is 24.6 Å². The van der Waals surface area contributed by atoms with Crippen LogP contribution in [0.25, 0.3) is 0 Å². The van der Waals surface area contributed by atoms with Crippen molar-refractivity contribution in [2.45, 2.75) is 70.6 Å². The standard InChI is InChI=1S/C22H34ClN5O2S/c1-14(2)16(4)24-20(29)13-31-22-25-18(23)11-19(26-22)27-9-10-28(15(3)12-27)21(30)17-7-5-6-8-17/h11,14-17H,5-10,12-13H2,1-4H3,(H,24,29). The predicted octanol–water partition coefficient (Wildman–Crippen LogP) is 3.61. The van der Waals surface area contributed by atoms with Gasteiger partial charge in [0.2, 0.25) is 11.8 Å². The largest absolute Gasteiger partial charge is 0.353 e. The molecule has 1 aliphatic carbocycles. The van der Waals surface area contributed by atoms with E-state index < -0.39 is 0 Å². The molecule has 31 heavy (non-hydrogen) atoms. The highest BCUT2D eigenvalue weighted by atomic mass is 35.5. The number of hydrogen-bond donors (Lipinski definition) is 1. The second kappa shape index (κ2) is 10.9. The van der Waals surface area contributed by atoms with Gasteiger partial charge >= 0.3 is 0 Å². The van der Waals surface area contributed by atoms with Gasteiger partial charge in [0.25, 0.3) is 0 Å². The van der Waals surface area contributed by atoms with Gasteiger partial charge in [0.05, 0.1) is 5.75 Å². The van der Waals surface area contributed by atoms with Crippen molar-refractivity contribution in [3.8, 4) is 0 Å². The molecule has 3 rings (SSSR count). The topological polar surface area (TPSA) is 78.4 Å². The third kappa shape index (κ3) is 6.48. The summed E-state index contributed by atoms with van der Waals surface area (Å²) in [5.41, 5.74) is 0. The van der Waals surface area contributed by atoms with Crippen LogP contribution in [-0.4, -0.2) is 64.2 Å². The lowest BCUT2D eigenvalue weighted by Gasteiger charge is -2.41. The first-order chi connectivity index (χ1) is 14.7. The Morgan fingerprint density at radius 2 is 1.94 bits per heavy atom. The van der Waals surface area contributed by atoms with Crippen molar-refractivity contribution >= 4 is 41.0 Å². The van der Waals surface area contributed by atoms with E-state index in [1.807, 2.05) is 11.8 Å². The summed E-state index contributed by atoms with van der Waals surface area (Å²) in [5.74, 6) is 1.85. The number of carbonyl (C=O) groups excluding carboxylic acids is 2. The fourth-order valence-electron chi connectivity index (χ4n) is 4.10. The maximum absolute atomic E-state index is 12.8. The van der Waals surface area contributed by atoms with Gasteiger partial charge in [-0.25, -0.2) is 9.97 Å². The first-order valence-corrected chi connectivity index (χ1v) is 12.6. The molecule has 1 aliphatic heterocycles. The van der Waals surface area contributed by atoms with E-state index in [0.29, 0.717) is 41.8 Å². The Morgan fingerprint density at radius 3 is 2.58 bits per heavy atom. The van der Waals surface area contributed by atoms with E-state index >= 15 is 0 Å². The molecular formula is C22H34ClN5O2S. The number of rotatable bonds is 7. The summed E-state index contributed by atoms with van der Waals surface area (Å²) in [6, 6.07) is 2.00. The zero-order chi connectivity index (χ0) is 22.5. The van der Waals surface area contributed by atoms with Gasteiger partial charge in [-0.2, -0.15) is 0 Å². The Labute approximate surface area is 194 Å². The minimum Gasteiger partial charge on any atom is -0.353 e. The van der Waals surface area contributed by atoms with Crippen molar-refractivity contribution in [3.05, 3.63) is 11.2 Å². The van der Waals surface area contributed by atoms with Crippen molar-refractivity contribution in [2.24, 2.45) is 11.8 Å². The average Bonchev–Trinajstić information content (AvgIpc) is 3.26. The molecule has 2 amide bonds. The zero-order valence-corrected chi connectivity index (χ0v) is 20.5. The average molecular weight is 468 g/mol. The first-order valence-electron chi connectivity index (χ1n) is 11.3. The van der Waals surface area contributed by atoms with E-state index in [0.717, 1.165) is 18.7 Å². The molecule has 2 unspecified atom stereocenters. The van der Waals surface area contributed by atoms with E-state index in [2.05, 4.69) is 41.0 Å². The highest BCUT2D eigenvalue weighted by Crippen LogP contribution is 2.29. The summed E-state index contributed by atoms with van der Waals surface area (Å²) >= 11 is 7.54. The second-order valence-corrected chi connectivity index (χ2v) is 10.4. The Balaban J connectivity index is 1.58. The van der Waals surface area contributed by atoms with Crippen LogP contribution < -0.4 is 10.2 Å². The van der Waals surface area contributed by atoms with Crippen LogP contribution in [0.4, 0.5) is 5.82 Å². The fourth-order valence-corrected chi connectivity index (χ4v) is 5.00. The lowest BCUT2D eigenvalue weighted by Crippen LogP contribution is -2.55. The van der Waals surface area contributed by atoms with Gasteiger partial charge in [-0.3, -0.25) is 9.59 Å². The Kier molecular flexibility index (Phi) is 8.44. The van der Waals surface area contributed by atoms with Crippen LogP contribution in [0.15, 0.2) is 11.2 Å². The number of nitrogens with one attached hydrogen (secondary N) is 1. The predicted molar refractivity (Wildman–Crippen MR) is 126 cm³/mol. The molecule has 172 valence electrons. The molecule has 9 heteroatoms. The van der Waals surface area contributed by atoms with Gasteiger partial charge in [0.15, 0.2) is 5.16 Å². The molecule has 2 fully saturated rings. The third-order valence-corrected chi connectivity index (χ3v) is 7.36. The molecule has 0 radical (unpaired) electrons. The maximum atomic E-state index is 12.8. The van der Waals surface area contributed by atoms with Crippen LogP contribution in [0.1, 0.15) is 53.4 Å². The van der Waals surface area contributed by atoms with Crippen LogP contribution in [0, 0.1) is 11.8 Å². The fraction of sp³-hybridized carbons (Fsp3) is 0.727. The minimum atomic E-state index is -0.0380. The molecular weight excluding hydrogens is 434 g/mol. The summed E-state index contributed by atoms with van der Waals surface area (Å²) in [6.07, 6.45) is 4.38. The van der Waals surface area contributed by atoms with Crippen LogP contribution in [0.3, 0.4) is 0 Å². The first kappa shape index (κ1) is 24.1. The number of amides is 2. The molecule has 1 aromatic rings. The monoisotopic (exact) mass is 467 g/mol. The van der Waals surface area contributed by atoms with Gasteiger partial charge < -0.3 is 15.1 Å². The molecule has 2 aliphatic rings. The van der Waals surface area contributed by atoms with Gasteiger partial charge in [0.1, 0.15) is 11.0 Å². The Bertz CT molecular complexity index is 787. The third-order valence-electron chi connectivity index (χ3n) is 6.32. The van der Waals surface area contributed by atoms with E-state index in [-0.39, 0.29) is 29.7 Å². The van der Waals surface area contributed by atoms with Crippen LogP contribution >= 0.6 is 23.4 Å². The van der Waals surface area contributed by atoms with E-state index in [9.17, 15) is 9.59 Å². The SMILES string of the molecule is CC(C)C(C)NC(=O)CSc1nc(Cl)cc(N2CCN(C(=O)C3CCCC3)C(C)C2)n1. The highest BCUT2D eigenvalue weighted by Gasteiger charge is 2.33. The van der Waals surface area contributed by atoms with Crippen molar-refractivity contribution < 1.29 is 9.59 Å². The zero-order valence-electron chi connectivity index (χ0n) is 18.9. The number of anilines is 1. The molecule has 1 saturated heterocycles. The van der Waals surface area contributed by atoms with Gasteiger partial charge in [-0.1, -0.05) is 50.1 Å². The number of carbonyl (C=O) groups is 2. The molecule has 2 atom stereocenters. The number of halogens is 1. The maximum Gasteiger partial charge on any atom is 0.230 e. The van der Waals surface area contributed by atoms with Gasteiger partial charge in [0, 0.05) is 43.7 Å². The van der Waals surface area contributed by atoms with Gasteiger partial charge in [-0.15, -0.1) is 0 Å². The summed E-state index contributed by atoms with van der Waals surface area (Å²) in [5, 5.41) is 3.84. The number of hydrogen-bond acceptors (Lipinski definition) is 6. The smallest absolute Gasteiger partial charge is 0.230 e. The number of nitrogens with zero attached hydrogens (tertiary/aromatic N) is 4. The summed E-state index contributed by atoms with van der Waals surface area (Å²) in [4.78, 5) is 38.1. The summed E-state index contributed by atoms with van der Waals surface area (Å²) < 4.78 is 0. The number of thioether (sulfide) groups is 1. The molecule has 1 saturated carbocycles. The molecule has 1 aromatic heterocycles. The van der Waals surface area contributed by atoms with Crippen LogP contribution in [0.5, 0.6) is 0 Å². The van der Waals surface area contributed by atoms with E-state index in [4.69, 9.17) is 11.6 Å². The van der Waals surface area contributed by atoms with Crippen molar-refractivity contribution in [3.63, 3.8) is 0 Å². The lowest BCUT2D eigenvalue weighted by atomic mass is 10.0. The number of piperazine rings is 1. The highest BCUT2D eigenvalue weighted by molar-refractivity contribution is 7.99. The minimum absolute atomic E-state index is 0.0380. The summed E-state index contributed by atoms with van der Waals surface area (Å²) in [6.45, 7) is 10.4. The quantitative estimate of drug-likeness (QED) is 0.375. The summed E-state index contributed by atoms with van der Waals surface area (Å²) in [7, 11) is 0. The normalized spacial score (nSPS) is 20.9. The Morgan fingerprint density at radius 1 is 1.23 bits per heavy atom. The molecule has 0 spiro atoms.